The summed E-state index contributed by atoms with van der Waals surface area (Å²) < 4.78 is 0. The van der Waals surface area contributed by atoms with Gasteiger partial charge in [-0.25, -0.2) is 0 Å². The number of nitrogens with one attached hydrogen (secondary N) is 1. The first-order valence-corrected chi connectivity index (χ1v) is 8.33. The van der Waals surface area contributed by atoms with Crippen LogP contribution in [0.1, 0.15) is 38.7 Å². The molecule has 1 aliphatic rings. The summed E-state index contributed by atoms with van der Waals surface area (Å²) in [6, 6.07) is 11.7. The van der Waals surface area contributed by atoms with Crippen LogP contribution in [0.4, 0.5) is 5.69 Å². The molecule has 1 heterocycles. The number of carbonyl (C=O) groups excluding carboxylic acids is 1. The van der Waals surface area contributed by atoms with E-state index in [4.69, 9.17) is 0 Å². The maximum absolute atomic E-state index is 12.2. The number of nitrogens with zero attached hydrogens (tertiary/aromatic N) is 1. The van der Waals surface area contributed by atoms with E-state index >= 15 is 0 Å². The topological polar surface area (TPSA) is 52.6 Å². The maximum Gasteiger partial charge on any atom is 0.251 e. The number of aliphatic hydroxyl groups is 1. The first kappa shape index (κ1) is 16.5. The van der Waals surface area contributed by atoms with Crippen LogP contribution in [0.5, 0.6) is 0 Å². The monoisotopic (exact) mass is 324 g/mol. The van der Waals surface area contributed by atoms with Gasteiger partial charge in [-0.2, -0.15) is 0 Å². The van der Waals surface area contributed by atoms with Gasteiger partial charge in [-0.15, -0.1) is 0 Å². The number of rotatable bonds is 4. The van der Waals surface area contributed by atoms with Crippen molar-refractivity contribution in [1.29, 1.82) is 0 Å². The Labute approximate surface area is 143 Å². The fourth-order valence-corrected chi connectivity index (χ4v) is 3.09. The van der Waals surface area contributed by atoms with Crippen LogP contribution in [0.15, 0.2) is 36.4 Å². The predicted molar refractivity (Wildman–Crippen MR) is 96.6 cm³/mol. The number of anilines is 1. The third-order valence-electron chi connectivity index (χ3n) is 4.84. The van der Waals surface area contributed by atoms with Crippen molar-refractivity contribution in [2.45, 2.75) is 26.4 Å². The minimum Gasteiger partial charge on any atom is -0.387 e. The lowest BCUT2D eigenvalue weighted by Gasteiger charge is -2.16. The van der Waals surface area contributed by atoms with Crippen molar-refractivity contribution in [3.63, 3.8) is 0 Å². The van der Waals surface area contributed by atoms with E-state index in [1.807, 2.05) is 50.2 Å². The van der Waals surface area contributed by atoms with E-state index in [1.165, 1.54) is 11.3 Å². The molecule has 2 aromatic carbocycles. The quantitative estimate of drug-likeness (QED) is 0.909. The molecule has 1 amide bonds. The normalized spacial score (nSPS) is 14.4. The van der Waals surface area contributed by atoms with E-state index in [0.29, 0.717) is 5.56 Å². The fraction of sp³-hybridized carbons (Fsp3) is 0.350. The molecule has 2 aromatic rings. The van der Waals surface area contributed by atoms with Crippen LogP contribution >= 0.6 is 0 Å². The van der Waals surface area contributed by atoms with Gasteiger partial charge in [-0.1, -0.05) is 18.2 Å². The third-order valence-corrected chi connectivity index (χ3v) is 4.84. The number of aliphatic hydroxyl groups excluding tert-OH is 1. The van der Waals surface area contributed by atoms with Gasteiger partial charge in [0.1, 0.15) is 0 Å². The third kappa shape index (κ3) is 3.29. The Morgan fingerprint density at radius 2 is 2.00 bits per heavy atom. The summed E-state index contributed by atoms with van der Waals surface area (Å²) in [5, 5.41) is 13.2. The largest absolute Gasteiger partial charge is 0.387 e. The molecule has 0 saturated heterocycles. The molecular formula is C20H24N2O2. The minimum absolute atomic E-state index is 0.155. The second-order valence-corrected chi connectivity index (χ2v) is 6.58. The molecule has 0 bridgehead atoms. The van der Waals surface area contributed by atoms with Gasteiger partial charge in [-0.3, -0.25) is 4.79 Å². The maximum atomic E-state index is 12.2. The molecule has 0 aromatic heterocycles. The summed E-state index contributed by atoms with van der Waals surface area (Å²) in [6.45, 7) is 5.23. The zero-order chi connectivity index (χ0) is 17.3. The Morgan fingerprint density at radius 1 is 1.21 bits per heavy atom. The Bertz CT molecular complexity index is 770. The molecule has 4 nitrogen and oxygen atoms in total. The lowest BCUT2D eigenvalue weighted by molar-refractivity contribution is 0.0916. The molecule has 0 fully saturated rings. The molecule has 0 spiro atoms. The van der Waals surface area contributed by atoms with Crippen LogP contribution in [-0.4, -0.2) is 31.2 Å². The molecule has 1 atom stereocenters. The van der Waals surface area contributed by atoms with Crippen LogP contribution in [0.25, 0.3) is 0 Å². The highest BCUT2D eigenvalue weighted by molar-refractivity contribution is 5.94. The summed E-state index contributed by atoms with van der Waals surface area (Å²) in [5.74, 6) is -0.155. The fourth-order valence-electron chi connectivity index (χ4n) is 3.09. The summed E-state index contributed by atoms with van der Waals surface area (Å²) in [5.41, 5.74) is 6.21. The van der Waals surface area contributed by atoms with E-state index in [2.05, 4.69) is 17.3 Å². The number of hydrogen-bond acceptors (Lipinski definition) is 3. The lowest BCUT2D eigenvalue weighted by Crippen LogP contribution is -2.28. The number of hydrogen-bond donors (Lipinski definition) is 2. The zero-order valence-corrected chi connectivity index (χ0v) is 14.5. The van der Waals surface area contributed by atoms with Crippen molar-refractivity contribution in [2.24, 2.45) is 0 Å². The standard InChI is InChI=1S/C20H24N2O2/c1-13-4-5-17(10-14(13)2)20(24)21-12-19(23)16-6-7-18-15(11-16)8-9-22(18)3/h4-7,10-11,19,23H,8-9,12H2,1-3H3,(H,21,24). The van der Waals surface area contributed by atoms with Crippen molar-refractivity contribution >= 4 is 11.6 Å². The molecule has 2 N–H and O–H groups in total. The van der Waals surface area contributed by atoms with Crippen molar-refractivity contribution in [3.05, 3.63) is 64.2 Å². The summed E-state index contributed by atoms with van der Waals surface area (Å²) in [6.07, 6.45) is 0.304. The van der Waals surface area contributed by atoms with E-state index in [0.717, 1.165) is 29.7 Å². The second-order valence-electron chi connectivity index (χ2n) is 6.58. The predicted octanol–water partition coefficient (Wildman–Crippen LogP) is 2.76. The number of carbonyl (C=O) groups is 1. The number of fused-ring (bicyclic) bond motifs is 1. The van der Waals surface area contributed by atoms with Crippen LogP contribution in [-0.2, 0) is 6.42 Å². The molecule has 0 radical (unpaired) electrons. The molecular weight excluding hydrogens is 300 g/mol. The van der Waals surface area contributed by atoms with E-state index in [1.54, 1.807) is 0 Å². The lowest BCUT2D eigenvalue weighted by atomic mass is 10.0. The highest BCUT2D eigenvalue weighted by Gasteiger charge is 2.18. The molecule has 0 saturated carbocycles. The Morgan fingerprint density at radius 3 is 2.75 bits per heavy atom. The van der Waals surface area contributed by atoms with Crippen LogP contribution in [0.2, 0.25) is 0 Å². The van der Waals surface area contributed by atoms with E-state index in [9.17, 15) is 9.90 Å². The van der Waals surface area contributed by atoms with Gasteiger partial charge < -0.3 is 15.3 Å². The van der Waals surface area contributed by atoms with Gasteiger partial charge in [0.25, 0.3) is 5.91 Å². The van der Waals surface area contributed by atoms with Gasteiger partial charge in [0, 0.05) is 31.4 Å². The second kappa shape index (κ2) is 6.65. The summed E-state index contributed by atoms with van der Waals surface area (Å²) in [4.78, 5) is 14.5. The number of likely N-dealkylation sites (N-methyl/N-ethyl adjacent to an activating group) is 1. The smallest absolute Gasteiger partial charge is 0.251 e. The van der Waals surface area contributed by atoms with Crippen molar-refractivity contribution < 1.29 is 9.90 Å². The molecule has 1 aliphatic heterocycles. The van der Waals surface area contributed by atoms with Crippen molar-refractivity contribution in [1.82, 2.24) is 5.32 Å². The van der Waals surface area contributed by atoms with Gasteiger partial charge in [0.05, 0.1) is 6.10 Å². The highest BCUT2D eigenvalue weighted by atomic mass is 16.3. The minimum atomic E-state index is -0.697. The van der Waals surface area contributed by atoms with Crippen LogP contribution < -0.4 is 10.2 Å². The average molecular weight is 324 g/mol. The van der Waals surface area contributed by atoms with Crippen LogP contribution in [0.3, 0.4) is 0 Å². The van der Waals surface area contributed by atoms with E-state index in [-0.39, 0.29) is 12.5 Å². The number of amides is 1. The highest BCUT2D eigenvalue weighted by Crippen LogP contribution is 2.29. The molecule has 24 heavy (non-hydrogen) atoms. The summed E-state index contributed by atoms with van der Waals surface area (Å²) in [7, 11) is 2.08. The number of benzene rings is 2. The van der Waals surface area contributed by atoms with Gasteiger partial charge in [0.15, 0.2) is 0 Å². The Hall–Kier alpha value is -2.33. The Kier molecular flexibility index (Phi) is 4.58. The van der Waals surface area contributed by atoms with Crippen LogP contribution in [0, 0.1) is 13.8 Å². The van der Waals surface area contributed by atoms with E-state index < -0.39 is 6.10 Å². The molecule has 1 unspecified atom stereocenters. The molecule has 3 rings (SSSR count). The first-order valence-electron chi connectivity index (χ1n) is 8.33. The van der Waals surface area contributed by atoms with Gasteiger partial charge >= 0.3 is 0 Å². The van der Waals surface area contributed by atoms with Crippen molar-refractivity contribution in [2.75, 3.05) is 25.0 Å². The molecule has 4 heteroatoms. The zero-order valence-electron chi connectivity index (χ0n) is 14.5. The first-order chi connectivity index (χ1) is 11.5. The Balaban J connectivity index is 1.64. The van der Waals surface area contributed by atoms with Gasteiger partial charge in [0.2, 0.25) is 0 Å². The van der Waals surface area contributed by atoms with Gasteiger partial charge in [-0.05, 0) is 60.7 Å². The average Bonchev–Trinajstić information content (AvgIpc) is 2.95. The molecule has 126 valence electrons. The van der Waals surface area contributed by atoms with Crippen molar-refractivity contribution in [3.8, 4) is 0 Å². The summed E-state index contributed by atoms with van der Waals surface area (Å²) >= 11 is 0. The number of aryl methyl sites for hydroxylation is 2. The SMILES string of the molecule is Cc1ccc(C(=O)NCC(O)c2ccc3c(c2)CCN3C)cc1C. The molecule has 0 aliphatic carbocycles.